The molecule has 0 fully saturated rings. The number of ether oxygens (including phenoxy) is 3. The van der Waals surface area contributed by atoms with Gasteiger partial charge in [-0.2, -0.15) is 52.7 Å². The Morgan fingerprint density at radius 2 is 0.615 bits per heavy atom. The van der Waals surface area contributed by atoms with Crippen molar-refractivity contribution in [2.75, 3.05) is 0 Å². The zero-order chi connectivity index (χ0) is 21.6. The Balaban J connectivity index is 5.62. The lowest BCUT2D eigenvalue weighted by atomic mass is 10.2. The van der Waals surface area contributed by atoms with Crippen molar-refractivity contribution in [3.05, 3.63) is 0 Å². The van der Waals surface area contributed by atoms with Gasteiger partial charge in [0.2, 0.25) is 0 Å². The third kappa shape index (κ3) is 5.77. The molecule has 0 rings (SSSR count). The van der Waals surface area contributed by atoms with Crippen LogP contribution in [-0.4, -0.2) is 42.1 Å². The van der Waals surface area contributed by atoms with Gasteiger partial charge in [-0.1, -0.05) is 0 Å². The van der Waals surface area contributed by atoms with Gasteiger partial charge >= 0.3 is 36.5 Å². The fraction of sp³-hybridized carbons (Fsp3) is 1.00. The van der Waals surface area contributed by atoms with Gasteiger partial charge in [-0.25, -0.2) is 9.47 Å². The predicted octanol–water partition coefficient (Wildman–Crippen LogP) is 5.45. The van der Waals surface area contributed by atoms with Crippen LogP contribution >= 0.6 is 0 Å². The molecule has 158 valence electrons. The topological polar surface area (TPSA) is 27.7 Å². The highest BCUT2D eigenvalue weighted by atomic mass is 19.4. The molecule has 0 aromatic carbocycles. The second-order valence-corrected chi connectivity index (χ2v) is 5.89. The van der Waals surface area contributed by atoms with E-state index in [1.807, 2.05) is 9.47 Å². The van der Waals surface area contributed by atoms with Crippen LogP contribution in [-0.2, 0) is 14.2 Å². The minimum atomic E-state index is -6.89. The molecule has 0 heterocycles. The van der Waals surface area contributed by atoms with Crippen LogP contribution in [0, 0.1) is 0 Å². The van der Waals surface area contributed by atoms with Crippen LogP contribution in [0.15, 0.2) is 0 Å². The molecular weight excluding hydrogens is 408 g/mol. The van der Waals surface area contributed by atoms with Gasteiger partial charge in [0.05, 0.1) is 5.60 Å². The van der Waals surface area contributed by atoms with E-state index in [4.69, 9.17) is 0 Å². The Morgan fingerprint density at radius 1 is 0.385 bits per heavy atom. The molecule has 0 aromatic heterocycles. The summed E-state index contributed by atoms with van der Waals surface area (Å²) in [6, 6.07) is 0. The molecule has 0 amide bonds. The van der Waals surface area contributed by atoms with Crippen molar-refractivity contribution in [2.24, 2.45) is 0 Å². The maximum Gasteiger partial charge on any atom is 0.453 e. The number of halogens is 12. The van der Waals surface area contributed by atoms with E-state index < -0.39 is 49.0 Å². The van der Waals surface area contributed by atoms with Crippen LogP contribution < -0.4 is 0 Å². The van der Waals surface area contributed by atoms with E-state index in [-0.39, 0.29) is 0 Å². The van der Waals surface area contributed by atoms with Gasteiger partial charge < -0.3 is 4.74 Å². The van der Waals surface area contributed by atoms with Crippen LogP contribution in [0.3, 0.4) is 0 Å². The van der Waals surface area contributed by atoms with Crippen LogP contribution in [0.5, 0.6) is 0 Å². The molecule has 0 unspecified atom stereocenters. The van der Waals surface area contributed by atoms with Gasteiger partial charge in [0.1, 0.15) is 0 Å². The first-order chi connectivity index (χ1) is 10.9. The smallest absolute Gasteiger partial charge is 0.308 e. The summed E-state index contributed by atoms with van der Waals surface area (Å²) in [5, 5.41) is 0. The van der Waals surface area contributed by atoms with Crippen molar-refractivity contribution in [2.45, 2.75) is 69.8 Å². The molecule has 0 bridgehead atoms. The highest BCUT2D eigenvalue weighted by Crippen LogP contribution is 2.49. The van der Waals surface area contributed by atoms with Gasteiger partial charge in [0, 0.05) is 6.92 Å². The van der Waals surface area contributed by atoms with Crippen molar-refractivity contribution in [1.82, 2.24) is 0 Å². The van der Waals surface area contributed by atoms with E-state index in [1.165, 1.54) is 0 Å². The maximum atomic E-state index is 13.2. The van der Waals surface area contributed by atoms with E-state index in [0.29, 0.717) is 0 Å². The minimum Gasteiger partial charge on any atom is -0.308 e. The first-order valence-corrected chi connectivity index (χ1v) is 6.24. The Morgan fingerprint density at radius 3 is 0.846 bits per heavy atom. The highest BCUT2D eigenvalue weighted by molar-refractivity contribution is 4.80. The molecule has 3 nitrogen and oxygen atoms in total. The number of alkyl halides is 12. The van der Waals surface area contributed by atoms with Gasteiger partial charge in [0.25, 0.3) is 0 Å². The molecular formula is C11H12F12O3. The molecule has 15 heteroatoms. The first kappa shape index (κ1) is 25.0. The molecule has 0 aliphatic carbocycles. The maximum absolute atomic E-state index is 13.2. The van der Waals surface area contributed by atoms with Crippen LogP contribution in [0.1, 0.15) is 27.7 Å². The standard InChI is InChI=1S/C11H12F12O3/c1-5(2,3)24-8(16,17)9(18,19)26-11(22,23)10(20,21)25-7(14,15)6(4,12)13/h1-4H3. The average molecular weight is 420 g/mol. The van der Waals surface area contributed by atoms with E-state index in [2.05, 4.69) is 4.74 Å². The Labute approximate surface area is 138 Å². The molecule has 26 heavy (non-hydrogen) atoms. The van der Waals surface area contributed by atoms with Crippen molar-refractivity contribution in [3.8, 4) is 0 Å². The van der Waals surface area contributed by atoms with E-state index in [1.54, 1.807) is 0 Å². The lowest BCUT2D eigenvalue weighted by Gasteiger charge is -2.35. The molecule has 0 saturated heterocycles. The minimum absolute atomic E-state index is 0.720. The largest absolute Gasteiger partial charge is 0.453 e. The van der Waals surface area contributed by atoms with Crippen molar-refractivity contribution in [1.29, 1.82) is 0 Å². The quantitative estimate of drug-likeness (QED) is 0.489. The third-order valence-corrected chi connectivity index (χ3v) is 2.14. The van der Waals surface area contributed by atoms with Crippen LogP contribution in [0.4, 0.5) is 52.7 Å². The van der Waals surface area contributed by atoms with Gasteiger partial charge in [-0.15, -0.1) is 0 Å². The SMILES string of the molecule is CC(C)(C)OC(F)(F)C(F)(F)OC(F)(F)C(F)(F)OC(F)(F)C(C)(F)F. The van der Waals surface area contributed by atoms with Gasteiger partial charge in [-0.3, -0.25) is 0 Å². The molecule has 0 aliphatic heterocycles. The van der Waals surface area contributed by atoms with Crippen molar-refractivity contribution in [3.63, 3.8) is 0 Å². The molecule has 0 saturated carbocycles. The second kappa shape index (κ2) is 6.58. The lowest BCUT2D eigenvalue weighted by Crippen LogP contribution is -2.58. The molecule has 0 aromatic rings. The summed E-state index contributed by atoms with van der Waals surface area (Å²) in [5.74, 6) is -5.46. The molecule has 0 spiro atoms. The zero-order valence-electron chi connectivity index (χ0n) is 13.3. The zero-order valence-corrected chi connectivity index (χ0v) is 13.3. The number of hydrogen-bond donors (Lipinski definition) is 0. The summed E-state index contributed by atoms with van der Waals surface area (Å²) in [7, 11) is 0. The van der Waals surface area contributed by atoms with E-state index in [0.717, 1.165) is 20.8 Å². The average Bonchev–Trinajstić information content (AvgIpc) is 2.19. The molecule has 0 N–H and O–H groups in total. The predicted molar refractivity (Wildman–Crippen MR) is 58.4 cm³/mol. The van der Waals surface area contributed by atoms with Gasteiger partial charge in [0.15, 0.2) is 0 Å². The normalized spacial score (nSPS) is 16.2. The molecule has 0 radical (unpaired) electrons. The molecule has 0 atom stereocenters. The third-order valence-electron chi connectivity index (χ3n) is 2.14. The van der Waals surface area contributed by atoms with Crippen molar-refractivity contribution < 1.29 is 66.9 Å². The fourth-order valence-electron chi connectivity index (χ4n) is 1.03. The van der Waals surface area contributed by atoms with Crippen LogP contribution in [0.25, 0.3) is 0 Å². The highest BCUT2D eigenvalue weighted by Gasteiger charge is 2.74. The lowest BCUT2D eigenvalue weighted by molar-refractivity contribution is -0.556. The summed E-state index contributed by atoms with van der Waals surface area (Å²) in [6.07, 6.45) is -32.5. The molecule has 0 aliphatic rings. The van der Waals surface area contributed by atoms with Crippen molar-refractivity contribution >= 4 is 0 Å². The summed E-state index contributed by atoms with van der Waals surface area (Å²) >= 11 is 0. The Bertz CT molecular complexity index is 492. The summed E-state index contributed by atoms with van der Waals surface area (Å²) in [6.45, 7) is 1.52. The van der Waals surface area contributed by atoms with Gasteiger partial charge in [-0.05, 0) is 20.8 Å². The van der Waals surface area contributed by atoms with Crippen LogP contribution in [0.2, 0.25) is 0 Å². The second-order valence-electron chi connectivity index (χ2n) is 5.89. The first-order valence-electron chi connectivity index (χ1n) is 6.24. The monoisotopic (exact) mass is 420 g/mol. The van der Waals surface area contributed by atoms with E-state index >= 15 is 0 Å². The Hall–Kier alpha value is -0.960. The van der Waals surface area contributed by atoms with E-state index in [9.17, 15) is 52.7 Å². The summed E-state index contributed by atoms with van der Waals surface area (Å²) in [4.78, 5) is 0. The summed E-state index contributed by atoms with van der Waals surface area (Å²) < 4.78 is 162. The number of hydrogen-bond acceptors (Lipinski definition) is 3. The fourth-order valence-corrected chi connectivity index (χ4v) is 1.03. The number of rotatable bonds is 8. The summed E-state index contributed by atoms with van der Waals surface area (Å²) in [5.41, 5.74) is -2.12. The Kier molecular flexibility index (Phi) is 6.34.